The molecule has 1 heteroatoms. The molecule has 2 unspecified atom stereocenters. The zero-order valence-corrected chi connectivity index (χ0v) is 10.1. The van der Waals surface area contributed by atoms with Gasteiger partial charge in [-0.25, -0.2) is 0 Å². The van der Waals surface area contributed by atoms with Crippen LogP contribution in [0.25, 0.3) is 0 Å². The van der Waals surface area contributed by atoms with E-state index in [2.05, 4.69) is 42.5 Å². The lowest BCUT2D eigenvalue weighted by Crippen LogP contribution is -1.94. The van der Waals surface area contributed by atoms with Crippen molar-refractivity contribution in [2.75, 3.05) is 0 Å². The summed E-state index contributed by atoms with van der Waals surface area (Å²) in [6.45, 7) is 0. The van der Waals surface area contributed by atoms with Crippen molar-refractivity contribution in [3.8, 4) is 6.07 Å². The average molecular weight is 231 g/mol. The highest BCUT2D eigenvalue weighted by atomic mass is 14.5. The first kappa shape index (κ1) is 9.91. The summed E-state index contributed by atoms with van der Waals surface area (Å²) in [5, 5.41) is 9.03. The van der Waals surface area contributed by atoms with Gasteiger partial charge in [0.2, 0.25) is 0 Å². The summed E-state index contributed by atoms with van der Waals surface area (Å²) < 4.78 is 0. The third kappa shape index (κ3) is 1.32. The fourth-order valence-corrected chi connectivity index (χ4v) is 3.33. The first-order chi connectivity index (χ1) is 8.86. The minimum atomic E-state index is 0.691. The maximum Gasteiger partial charge on any atom is 0.0991 e. The van der Waals surface area contributed by atoms with Crippen LogP contribution in [0.4, 0.5) is 0 Å². The van der Waals surface area contributed by atoms with Crippen LogP contribution in [-0.4, -0.2) is 0 Å². The van der Waals surface area contributed by atoms with Crippen molar-refractivity contribution >= 4 is 0 Å². The van der Waals surface area contributed by atoms with Gasteiger partial charge in [0.1, 0.15) is 0 Å². The van der Waals surface area contributed by atoms with Gasteiger partial charge in [0, 0.05) is 0 Å². The van der Waals surface area contributed by atoms with Crippen molar-refractivity contribution in [2.24, 2.45) is 0 Å². The Labute approximate surface area is 107 Å². The maximum atomic E-state index is 9.03. The highest BCUT2D eigenvalue weighted by Gasteiger charge is 2.43. The van der Waals surface area contributed by atoms with Crippen LogP contribution in [0.2, 0.25) is 0 Å². The molecule has 4 rings (SSSR count). The number of fused-ring (bicyclic) bond motifs is 5. The molecular formula is C17H13N. The quantitative estimate of drug-likeness (QED) is 0.677. The average Bonchev–Trinajstić information content (AvgIpc) is 3.19. The Hall–Kier alpha value is -2.07. The van der Waals surface area contributed by atoms with Gasteiger partial charge in [0.15, 0.2) is 0 Å². The highest BCUT2D eigenvalue weighted by Crippen LogP contribution is 2.58. The molecule has 1 nitrogen and oxygen atoms in total. The van der Waals surface area contributed by atoms with Gasteiger partial charge in [-0.2, -0.15) is 5.26 Å². The van der Waals surface area contributed by atoms with E-state index in [1.54, 1.807) is 0 Å². The van der Waals surface area contributed by atoms with Crippen molar-refractivity contribution < 1.29 is 0 Å². The van der Waals surface area contributed by atoms with E-state index in [1.807, 2.05) is 6.07 Å². The van der Waals surface area contributed by atoms with E-state index in [0.717, 1.165) is 17.9 Å². The second-order valence-electron chi connectivity index (χ2n) is 5.35. The van der Waals surface area contributed by atoms with E-state index in [1.165, 1.54) is 28.7 Å². The number of hydrogen-bond donors (Lipinski definition) is 0. The fraction of sp³-hybridized carbons (Fsp3) is 0.235. The van der Waals surface area contributed by atoms with Crippen molar-refractivity contribution in [3.05, 3.63) is 70.3 Å². The lowest BCUT2D eigenvalue weighted by Gasteiger charge is -2.08. The Morgan fingerprint density at radius 2 is 1.72 bits per heavy atom. The zero-order chi connectivity index (χ0) is 12.1. The lowest BCUT2D eigenvalue weighted by atomic mass is 9.96. The molecular weight excluding hydrogens is 218 g/mol. The molecule has 0 N–H and O–H groups in total. The largest absolute Gasteiger partial charge is 0.192 e. The van der Waals surface area contributed by atoms with Gasteiger partial charge < -0.3 is 0 Å². The van der Waals surface area contributed by atoms with Crippen LogP contribution in [0.3, 0.4) is 0 Å². The van der Waals surface area contributed by atoms with Gasteiger partial charge in [-0.1, -0.05) is 30.3 Å². The Balaban J connectivity index is 1.91. The van der Waals surface area contributed by atoms with Crippen LogP contribution in [0.5, 0.6) is 0 Å². The molecule has 1 saturated carbocycles. The predicted octanol–water partition coefficient (Wildman–Crippen LogP) is 3.73. The smallest absolute Gasteiger partial charge is 0.0991 e. The van der Waals surface area contributed by atoms with Gasteiger partial charge in [0.25, 0.3) is 0 Å². The van der Waals surface area contributed by atoms with Crippen LogP contribution in [0, 0.1) is 11.3 Å². The minimum absolute atomic E-state index is 0.691. The molecule has 0 radical (unpaired) electrons. The fourth-order valence-electron chi connectivity index (χ4n) is 3.33. The van der Waals surface area contributed by atoms with Gasteiger partial charge in [-0.15, -0.1) is 0 Å². The Morgan fingerprint density at radius 1 is 0.944 bits per heavy atom. The van der Waals surface area contributed by atoms with Crippen LogP contribution in [0.1, 0.15) is 46.1 Å². The van der Waals surface area contributed by atoms with E-state index in [0.29, 0.717) is 5.92 Å². The summed E-state index contributed by atoms with van der Waals surface area (Å²) in [4.78, 5) is 0. The molecule has 1 fully saturated rings. The second-order valence-corrected chi connectivity index (χ2v) is 5.35. The van der Waals surface area contributed by atoms with Crippen molar-refractivity contribution in [3.63, 3.8) is 0 Å². The molecule has 18 heavy (non-hydrogen) atoms. The van der Waals surface area contributed by atoms with E-state index >= 15 is 0 Å². The Bertz CT molecular complexity index is 678. The third-order valence-electron chi connectivity index (χ3n) is 4.30. The molecule has 2 aromatic rings. The molecule has 0 heterocycles. The summed E-state index contributed by atoms with van der Waals surface area (Å²) >= 11 is 0. The molecule has 0 spiro atoms. The topological polar surface area (TPSA) is 23.8 Å². The highest BCUT2D eigenvalue weighted by molar-refractivity contribution is 5.52. The first-order valence-electron chi connectivity index (χ1n) is 6.47. The van der Waals surface area contributed by atoms with E-state index in [4.69, 9.17) is 5.26 Å². The van der Waals surface area contributed by atoms with Crippen LogP contribution < -0.4 is 0 Å². The predicted molar refractivity (Wildman–Crippen MR) is 70.5 cm³/mol. The monoisotopic (exact) mass is 231 g/mol. The number of benzene rings is 2. The summed E-state index contributed by atoms with van der Waals surface area (Å²) in [5.74, 6) is 1.41. The number of rotatable bonds is 0. The third-order valence-corrected chi connectivity index (χ3v) is 4.30. The molecule has 0 amide bonds. The molecule has 0 aromatic heterocycles. The van der Waals surface area contributed by atoms with Gasteiger partial charge in [-0.05, 0) is 59.1 Å². The van der Waals surface area contributed by atoms with Crippen LogP contribution >= 0.6 is 0 Å². The molecule has 2 aliphatic carbocycles. The maximum absolute atomic E-state index is 9.03. The minimum Gasteiger partial charge on any atom is -0.192 e. The molecule has 2 aliphatic rings. The van der Waals surface area contributed by atoms with Crippen LogP contribution in [0.15, 0.2) is 42.5 Å². The summed E-state index contributed by atoms with van der Waals surface area (Å²) in [5.41, 5.74) is 6.57. The van der Waals surface area contributed by atoms with E-state index in [-0.39, 0.29) is 0 Å². The summed E-state index contributed by atoms with van der Waals surface area (Å²) in [6.07, 6.45) is 2.25. The number of hydrogen-bond acceptors (Lipinski definition) is 1. The van der Waals surface area contributed by atoms with Gasteiger partial charge in [-0.3, -0.25) is 0 Å². The van der Waals surface area contributed by atoms with Gasteiger partial charge >= 0.3 is 0 Å². The zero-order valence-electron chi connectivity index (χ0n) is 10.1. The van der Waals surface area contributed by atoms with Crippen molar-refractivity contribution in [2.45, 2.75) is 24.7 Å². The molecule has 2 aromatic carbocycles. The molecule has 0 aliphatic heterocycles. The summed E-state index contributed by atoms with van der Waals surface area (Å²) in [6, 6.07) is 17.2. The Kier molecular flexibility index (Phi) is 1.91. The molecule has 86 valence electrons. The molecule has 2 atom stereocenters. The van der Waals surface area contributed by atoms with Crippen molar-refractivity contribution in [1.82, 2.24) is 0 Å². The first-order valence-corrected chi connectivity index (χ1v) is 6.47. The van der Waals surface area contributed by atoms with E-state index < -0.39 is 0 Å². The summed E-state index contributed by atoms with van der Waals surface area (Å²) in [7, 11) is 0. The standard InChI is InChI=1S/C17H13N/c18-10-11-5-6-15-13(7-11)8-12-3-1-2-4-14(12)16-9-17(15)16/h1-7,16-17H,8-9H2. The SMILES string of the molecule is N#Cc1ccc2c(c1)Cc1ccccc1C1CC21. The lowest BCUT2D eigenvalue weighted by molar-refractivity contribution is 1.03. The van der Waals surface area contributed by atoms with Crippen LogP contribution in [-0.2, 0) is 6.42 Å². The molecule has 0 bridgehead atoms. The second kappa shape index (κ2) is 3.46. The molecule has 0 saturated heterocycles. The normalized spacial score (nSPS) is 23.1. The van der Waals surface area contributed by atoms with E-state index in [9.17, 15) is 0 Å². The Morgan fingerprint density at radius 3 is 2.56 bits per heavy atom. The van der Waals surface area contributed by atoms with Gasteiger partial charge in [0.05, 0.1) is 11.6 Å². The van der Waals surface area contributed by atoms with Crippen molar-refractivity contribution in [1.29, 1.82) is 5.26 Å². The number of nitriles is 1. The number of nitrogens with zero attached hydrogens (tertiary/aromatic N) is 1.